The Hall–Kier alpha value is -1.29. The van der Waals surface area contributed by atoms with Gasteiger partial charge in [-0.3, -0.25) is 9.78 Å². The summed E-state index contributed by atoms with van der Waals surface area (Å²) in [5.74, 6) is 0.676. The minimum Gasteiger partial charge on any atom is -0.398 e. The first-order valence-electron chi connectivity index (χ1n) is 6.67. The molecule has 1 amide bonds. The van der Waals surface area contributed by atoms with Crippen LogP contribution in [0, 0.1) is 5.92 Å². The van der Waals surface area contributed by atoms with Crippen molar-refractivity contribution in [3.05, 3.63) is 24.0 Å². The number of carbonyl (C=O) groups is 1. The third kappa shape index (κ3) is 4.39. The van der Waals surface area contributed by atoms with Crippen LogP contribution in [0.25, 0.3) is 0 Å². The highest BCUT2D eigenvalue weighted by atomic mass is 35.5. The summed E-state index contributed by atoms with van der Waals surface area (Å²) in [6.45, 7) is 2.28. The van der Waals surface area contributed by atoms with Crippen molar-refractivity contribution in [1.82, 2.24) is 10.3 Å². The van der Waals surface area contributed by atoms with E-state index < -0.39 is 0 Å². The van der Waals surface area contributed by atoms with Gasteiger partial charge < -0.3 is 11.1 Å². The summed E-state index contributed by atoms with van der Waals surface area (Å²) in [5.41, 5.74) is 6.75. The van der Waals surface area contributed by atoms with Gasteiger partial charge in [-0.1, -0.05) is 19.8 Å². The number of hydrogen-bond acceptors (Lipinski definition) is 3. The highest BCUT2D eigenvalue weighted by molar-refractivity contribution is 5.98. The van der Waals surface area contributed by atoms with Crippen molar-refractivity contribution in [2.24, 2.45) is 5.92 Å². The topological polar surface area (TPSA) is 68.0 Å². The van der Waals surface area contributed by atoms with Crippen molar-refractivity contribution in [2.45, 2.75) is 45.1 Å². The third-order valence-electron chi connectivity index (χ3n) is 3.69. The smallest absolute Gasteiger partial charge is 0.255 e. The monoisotopic (exact) mass is 283 g/mol. The van der Waals surface area contributed by atoms with E-state index in [1.54, 1.807) is 12.3 Å². The van der Waals surface area contributed by atoms with E-state index in [0.717, 1.165) is 18.8 Å². The number of nitrogens with zero attached hydrogens (tertiary/aromatic N) is 1. The standard InChI is InChI=1S/C14H21N3O.ClH/c1-10-3-2-4-11(6-5-10)17-14(18)12-9-16-8-7-13(12)15;/h7-11H,2-6H2,1H3,(H2,15,16)(H,17,18);1H. The summed E-state index contributed by atoms with van der Waals surface area (Å²) in [7, 11) is 0. The molecule has 0 spiro atoms. The van der Waals surface area contributed by atoms with Gasteiger partial charge in [-0.15, -0.1) is 12.4 Å². The lowest BCUT2D eigenvalue weighted by Gasteiger charge is -2.16. The third-order valence-corrected chi connectivity index (χ3v) is 3.69. The molecule has 1 saturated carbocycles. The zero-order chi connectivity index (χ0) is 13.0. The van der Waals surface area contributed by atoms with E-state index in [-0.39, 0.29) is 24.4 Å². The first-order valence-corrected chi connectivity index (χ1v) is 6.67. The van der Waals surface area contributed by atoms with E-state index in [2.05, 4.69) is 17.2 Å². The van der Waals surface area contributed by atoms with E-state index >= 15 is 0 Å². The van der Waals surface area contributed by atoms with E-state index in [9.17, 15) is 4.79 Å². The number of nitrogens with one attached hydrogen (secondary N) is 1. The summed E-state index contributed by atoms with van der Waals surface area (Å²) >= 11 is 0. The number of carbonyl (C=O) groups excluding carboxylic acids is 1. The Morgan fingerprint density at radius 1 is 1.37 bits per heavy atom. The predicted octanol–water partition coefficient (Wildman–Crippen LogP) is 2.78. The van der Waals surface area contributed by atoms with E-state index in [1.807, 2.05) is 0 Å². The summed E-state index contributed by atoms with van der Waals surface area (Å²) in [4.78, 5) is 16.0. The number of hydrogen-bond donors (Lipinski definition) is 2. The second-order valence-corrected chi connectivity index (χ2v) is 5.25. The van der Waals surface area contributed by atoms with Gasteiger partial charge in [-0.2, -0.15) is 0 Å². The van der Waals surface area contributed by atoms with Gasteiger partial charge in [0.1, 0.15) is 0 Å². The van der Waals surface area contributed by atoms with Crippen LogP contribution >= 0.6 is 12.4 Å². The molecule has 1 heterocycles. The Kier molecular flexibility index (Phi) is 6.09. The Bertz CT molecular complexity index is 425. The lowest BCUT2D eigenvalue weighted by atomic mass is 10.0. The van der Waals surface area contributed by atoms with Crippen LogP contribution in [0.5, 0.6) is 0 Å². The van der Waals surface area contributed by atoms with Crippen molar-refractivity contribution in [3.8, 4) is 0 Å². The number of nitrogens with two attached hydrogens (primary N) is 1. The molecule has 2 rings (SSSR count). The van der Waals surface area contributed by atoms with Crippen LogP contribution in [-0.4, -0.2) is 16.9 Å². The molecule has 0 saturated heterocycles. The maximum Gasteiger partial charge on any atom is 0.255 e. The average molecular weight is 284 g/mol. The first-order chi connectivity index (χ1) is 8.66. The molecule has 3 N–H and O–H groups in total. The number of amides is 1. The van der Waals surface area contributed by atoms with Crippen LogP contribution in [-0.2, 0) is 0 Å². The Labute approximate surface area is 120 Å². The van der Waals surface area contributed by atoms with Gasteiger partial charge in [0.15, 0.2) is 0 Å². The van der Waals surface area contributed by atoms with Gasteiger partial charge in [0.2, 0.25) is 0 Å². The molecular weight excluding hydrogens is 262 g/mol. The summed E-state index contributed by atoms with van der Waals surface area (Å²) in [5, 5.41) is 3.08. The summed E-state index contributed by atoms with van der Waals surface area (Å²) in [6.07, 6.45) is 8.90. The largest absolute Gasteiger partial charge is 0.398 e. The molecular formula is C14H22ClN3O. The van der Waals surface area contributed by atoms with Gasteiger partial charge in [-0.25, -0.2) is 0 Å². The highest BCUT2D eigenvalue weighted by Crippen LogP contribution is 2.23. The van der Waals surface area contributed by atoms with E-state index in [1.165, 1.54) is 25.5 Å². The van der Waals surface area contributed by atoms with E-state index in [0.29, 0.717) is 11.3 Å². The fraction of sp³-hybridized carbons (Fsp3) is 0.571. The second kappa shape index (κ2) is 7.34. The van der Waals surface area contributed by atoms with Crippen LogP contribution in [0.1, 0.15) is 49.4 Å². The van der Waals surface area contributed by atoms with Crippen LogP contribution < -0.4 is 11.1 Å². The summed E-state index contributed by atoms with van der Waals surface area (Å²) < 4.78 is 0. The number of anilines is 1. The van der Waals surface area contributed by atoms with Crippen LogP contribution in [0.15, 0.2) is 18.5 Å². The predicted molar refractivity (Wildman–Crippen MR) is 79.4 cm³/mol. The zero-order valence-corrected chi connectivity index (χ0v) is 12.1. The lowest BCUT2D eigenvalue weighted by Crippen LogP contribution is -2.34. The molecule has 2 atom stereocenters. The molecule has 1 aliphatic rings. The van der Waals surface area contributed by atoms with Crippen molar-refractivity contribution >= 4 is 24.0 Å². The fourth-order valence-electron chi connectivity index (χ4n) is 2.49. The first kappa shape index (κ1) is 15.8. The molecule has 0 radical (unpaired) electrons. The van der Waals surface area contributed by atoms with Crippen LogP contribution in [0.2, 0.25) is 0 Å². The molecule has 1 fully saturated rings. The minimum absolute atomic E-state index is 0. The quantitative estimate of drug-likeness (QED) is 0.820. The summed E-state index contributed by atoms with van der Waals surface area (Å²) in [6, 6.07) is 1.94. The number of pyridine rings is 1. The number of rotatable bonds is 2. The molecule has 1 aromatic heterocycles. The number of aromatic nitrogens is 1. The highest BCUT2D eigenvalue weighted by Gasteiger charge is 2.19. The lowest BCUT2D eigenvalue weighted by molar-refractivity contribution is 0.0933. The molecule has 0 aromatic carbocycles. The van der Waals surface area contributed by atoms with Gasteiger partial charge in [0.25, 0.3) is 5.91 Å². The molecule has 2 unspecified atom stereocenters. The molecule has 1 aromatic rings. The number of nitrogen functional groups attached to an aromatic ring is 1. The van der Waals surface area contributed by atoms with Gasteiger partial charge in [-0.05, 0) is 31.2 Å². The van der Waals surface area contributed by atoms with Crippen molar-refractivity contribution in [1.29, 1.82) is 0 Å². The molecule has 0 bridgehead atoms. The fourth-order valence-corrected chi connectivity index (χ4v) is 2.49. The molecule has 5 heteroatoms. The van der Waals surface area contributed by atoms with Gasteiger partial charge in [0.05, 0.1) is 5.56 Å². The van der Waals surface area contributed by atoms with Gasteiger partial charge >= 0.3 is 0 Å². The SMILES string of the molecule is CC1CCCC(NC(=O)c2cnccc2N)CC1.Cl. The average Bonchev–Trinajstić information content (AvgIpc) is 2.55. The normalized spacial score (nSPS) is 23.0. The molecule has 19 heavy (non-hydrogen) atoms. The van der Waals surface area contributed by atoms with Crippen LogP contribution in [0.3, 0.4) is 0 Å². The Morgan fingerprint density at radius 3 is 2.89 bits per heavy atom. The Morgan fingerprint density at radius 2 is 2.16 bits per heavy atom. The molecule has 106 valence electrons. The molecule has 0 aliphatic heterocycles. The van der Waals surface area contributed by atoms with Crippen molar-refractivity contribution in [3.63, 3.8) is 0 Å². The van der Waals surface area contributed by atoms with Gasteiger partial charge in [0, 0.05) is 24.1 Å². The molecule has 4 nitrogen and oxygen atoms in total. The second-order valence-electron chi connectivity index (χ2n) is 5.25. The maximum absolute atomic E-state index is 12.1. The van der Waals surface area contributed by atoms with Crippen molar-refractivity contribution < 1.29 is 4.79 Å². The minimum atomic E-state index is -0.0971. The molecule has 1 aliphatic carbocycles. The Balaban J connectivity index is 0.00000180. The maximum atomic E-state index is 12.1. The van der Waals surface area contributed by atoms with Crippen LogP contribution in [0.4, 0.5) is 5.69 Å². The van der Waals surface area contributed by atoms with E-state index in [4.69, 9.17) is 5.73 Å². The number of halogens is 1. The zero-order valence-electron chi connectivity index (χ0n) is 11.3. The van der Waals surface area contributed by atoms with Crippen molar-refractivity contribution in [2.75, 3.05) is 5.73 Å².